The molecule has 2 rings (SSSR count). The van der Waals surface area contributed by atoms with Crippen molar-refractivity contribution in [2.75, 3.05) is 5.06 Å². The number of hydrogen-bond acceptors (Lipinski definition) is 2. The molecule has 0 aromatic heterocycles. The second-order valence-corrected chi connectivity index (χ2v) is 6.02. The number of benzene rings is 2. The second kappa shape index (κ2) is 7.23. The molecule has 0 heterocycles. The molecule has 0 saturated carbocycles. The number of para-hydroxylation sites is 2. The topological polar surface area (TPSA) is 35.8 Å². The summed E-state index contributed by atoms with van der Waals surface area (Å²) in [5.41, 5.74) is 3.92. The van der Waals surface area contributed by atoms with Gasteiger partial charge < -0.3 is 0 Å². The fourth-order valence-electron chi connectivity index (χ4n) is 2.46. The number of rotatable bonds is 5. The molecule has 22 heavy (non-hydrogen) atoms. The fourth-order valence-corrected chi connectivity index (χ4v) is 2.46. The molecular weight excluding hydrogens is 272 g/mol. The highest BCUT2D eigenvalue weighted by atomic mass is 16.5. The van der Waals surface area contributed by atoms with E-state index in [1.54, 1.807) is 0 Å². The molecule has 0 aliphatic rings. The molecule has 0 spiro atoms. The molecule has 0 radical (unpaired) electrons. The van der Waals surface area contributed by atoms with Gasteiger partial charge in [-0.2, -0.15) is 0 Å². The summed E-state index contributed by atoms with van der Waals surface area (Å²) >= 11 is 0. The van der Waals surface area contributed by atoms with Gasteiger partial charge in [0.05, 0.1) is 11.4 Å². The lowest BCUT2D eigenvalue weighted by Gasteiger charge is -2.18. The third-order valence-corrected chi connectivity index (χ3v) is 3.67. The molecule has 3 nitrogen and oxygen atoms in total. The number of hydroxylamine groups is 1. The predicted molar refractivity (Wildman–Crippen MR) is 93.5 cm³/mol. The van der Waals surface area contributed by atoms with Crippen molar-refractivity contribution in [2.45, 2.75) is 39.5 Å². The van der Waals surface area contributed by atoms with Crippen molar-refractivity contribution < 1.29 is 5.21 Å². The van der Waals surface area contributed by atoms with Gasteiger partial charge in [-0.3, -0.25) is 5.21 Å². The van der Waals surface area contributed by atoms with Crippen molar-refractivity contribution >= 4 is 17.7 Å². The van der Waals surface area contributed by atoms with Crippen LogP contribution >= 0.6 is 0 Å². The summed E-state index contributed by atoms with van der Waals surface area (Å²) in [6.07, 6.45) is 1.47. The van der Waals surface area contributed by atoms with Crippen molar-refractivity contribution in [1.29, 1.82) is 0 Å². The van der Waals surface area contributed by atoms with Crippen LogP contribution < -0.4 is 5.06 Å². The molecular formula is C19H24N2O. The minimum atomic E-state index is 0.335. The third-order valence-electron chi connectivity index (χ3n) is 3.67. The van der Waals surface area contributed by atoms with Gasteiger partial charge in [0.15, 0.2) is 0 Å². The number of aliphatic imine (C=N–C) groups is 1. The SMILES string of the molecule is CC(C)c1ccccc1N=CN(O)c1ccccc1C(C)C. The first kappa shape index (κ1) is 16.2. The van der Waals surface area contributed by atoms with E-state index >= 15 is 0 Å². The maximum atomic E-state index is 10.3. The molecule has 0 fully saturated rings. The van der Waals surface area contributed by atoms with Crippen LogP contribution in [0.25, 0.3) is 0 Å². The summed E-state index contributed by atoms with van der Waals surface area (Å²) in [4.78, 5) is 4.46. The van der Waals surface area contributed by atoms with Gasteiger partial charge in [0, 0.05) is 0 Å². The summed E-state index contributed by atoms with van der Waals surface area (Å²) in [5, 5.41) is 11.4. The molecule has 0 aliphatic heterocycles. The predicted octanol–water partition coefficient (Wildman–Crippen LogP) is 5.49. The summed E-state index contributed by atoms with van der Waals surface area (Å²) in [5.74, 6) is 0.727. The quantitative estimate of drug-likeness (QED) is 0.450. The maximum Gasteiger partial charge on any atom is 0.122 e. The maximum absolute atomic E-state index is 10.3. The summed E-state index contributed by atoms with van der Waals surface area (Å²) in [7, 11) is 0. The highest BCUT2D eigenvalue weighted by Crippen LogP contribution is 2.28. The van der Waals surface area contributed by atoms with E-state index in [4.69, 9.17) is 0 Å². The Morgan fingerprint density at radius 2 is 1.41 bits per heavy atom. The molecule has 2 aromatic rings. The van der Waals surface area contributed by atoms with E-state index in [0.717, 1.165) is 22.0 Å². The molecule has 116 valence electrons. The Kier molecular flexibility index (Phi) is 5.34. The van der Waals surface area contributed by atoms with Gasteiger partial charge in [-0.1, -0.05) is 64.1 Å². The van der Waals surface area contributed by atoms with Crippen molar-refractivity contribution in [1.82, 2.24) is 0 Å². The van der Waals surface area contributed by atoms with E-state index in [-0.39, 0.29) is 0 Å². The minimum absolute atomic E-state index is 0.335. The van der Waals surface area contributed by atoms with Gasteiger partial charge in [0.1, 0.15) is 6.34 Å². The Balaban J connectivity index is 2.28. The molecule has 0 unspecified atom stereocenters. The molecule has 0 aliphatic carbocycles. The standard InChI is InChI=1S/C19H24N2O/c1-14(2)16-9-5-7-11-18(16)20-13-21(22)19-12-8-6-10-17(19)15(3)4/h5-15,22H,1-4H3. The first-order valence-corrected chi connectivity index (χ1v) is 7.71. The van der Waals surface area contributed by atoms with Gasteiger partial charge in [0.25, 0.3) is 0 Å². The molecule has 0 amide bonds. The third kappa shape index (κ3) is 3.74. The van der Waals surface area contributed by atoms with Crippen LogP contribution in [-0.4, -0.2) is 11.5 Å². The van der Waals surface area contributed by atoms with Crippen LogP contribution in [-0.2, 0) is 0 Å². The van der Waals surface area contributed by atoms with Crippen molar-refractivity contribution in [3.8, 4) is 0 Å². The smallest absolute Gasteiger partial charge is 0.122 e. The monoisotopic (exact) mass is 296 g/mol. The van der Waals surface area contributed by atoms with E-state index in [0.29, 0.717) is 11.8 Å². The Labute approximate surface area is 132 Å². The van der Waals surface area contributed by atoms with Crippen LogP contribution in [0.4, 0.5) is 11.4 Å². The summed E-state index contributed by atoms with van der Waals surface area (Å²) in [6.45, 7) is 8.49. The summed E-state index contributed by atoms with van der Waals surface area (Å²) < 4.78 is 0. The molecule has 1 N–H and O–H groups in total. The van der Waals surface area contributed by atoms with Crippen LogP contribution in [0.1, 0.15) is 50.7 Å². The van der Waals surface area contributed by atoms with E-state index < -0.39 is 0 Å². The number of nitrogens with zero attached hydrogens (tertiary/aromatic N) is 2. The lowest BCUT2D eigenvalue weighted by molar-refractivity contribution is 0.315. The Morgan fingerprint density at radius 1 is 0.864 bits per heavy atom. The van der Waals surface area contributed by atoms with E-state index in [1.807, 2.05) is 42.5 Å². The largest absolute Gasteiger partial charge is 0.283 e. The summed E-state index contributed by atoms with van der Waals surface area (Å²) in [6, 6.07) is 15.8. The van der Waals surface area contributed by atoms with Gasteiger partial charge in [-0.15, -0.1) is 0 Å². The van der Waals surface area contributed by atoms with Gasteiger partial charge in [-0.25, -0.2) is 10.1 Å². The molecule has 3 heteroatoms. The zero-order valence-electron chi connectivity index (χ0n) is 13.7. The zero-order chi connectivity index (χ0) is 16.1. The number of anilines is 1. The van der Waals surface area contributed by atoms with Crippen LogP contribution in [0, 0.1) is 0 Å². The minimum Gasteiger partial charge on any atom is -0.283 e. The first-order chi connectivity index (χ1) is 10.5. The Bertz CT molecular complexity index is 647. The highest BCUT2D eigenvalue weighted by molar-refractivity contribution is 5.80. The first-order valence-electron chi connectivity index (χ1n) is 7.71. The van der Waals surface area contributed by atoms with E-state index in [9.17, 15) is 5.21 Å². The second-order valence-electron chi connectivity index (χ2n) is 6.02. The van der Waals surface area contributed by atoms with Crippen molar-refractivity contribution in [3.63, 3.8) is 0 Å². The lowest BCUT2D eigenvalue weighted by Crippen LogP contribution is -2.17. The number of hydrogen-bond donors (Lipinski definition) is 1. The average Bonchev–Trinajstić information content (AvgIpc) is 2.52. The Hall–Kier alpha value is -2.13. The molecule has 0 atom stereocenters. The van der Waals surface area contributed by atoms with Crippen LogP contribution in [0.15, 0.2) is 53.5 Å². The zero-order valence-corrected chi connectivity index (χ0v) is 13.7. The average molecular weight is 296 g/mol. The van der Waals surface area contributed by atoms with Crippen molar-refractivity contribution in [2.24, 2.45) is 4.99 Å². The normalized spacial score (nSPS) is 11.6. The fraction of sp³-hybridized carbons (Fsp3) is 0.316. The van der Waals surface area contributed by atoms with Gasteiger partial charge in [0.2, 0.25) is 0 Å². The molecule has 0 bridgehead atoms. The van der Waals surface area contributed by atoms with Crippen molar-refractivity contribution in [3.05, 3.63) is 59.7 Å². The van der Waals surface area contributed by atoms with Crippen LogP contribution in [0.2, 0.25) is 0 Å². The van der Waals surface area contributed by atoms with Crippen LogP contribution in [0.3, 0.4) is 0 Å². The van der Waals surface area contributed by atoms with E-state index in [2.05, 4.69) is 38.8 Å². The van der Waals surface area contributed by atoms with Gasteiger partial charge >= 0.3 is 0 Å². The molecule has 2 aromatic carbocycles. The molecule has 0 saturated heterocycles. The van der Waals surface area contributed by atoms with E-state index in [1.165, 1.54) is 11.9 Å². The van der Waals surface area contributed by atoms with Gasteiger partial charge in [-0.05, 0) is 35.1 Å². The lowest BCUT2D eigenvalue weighted by atomic mass is 10.0. The highest BCUT2D eigenvalue weighted by Gasteiger charge is 2.10. The van der Waals surface area contributed by atoms with Crippen LogP contribution in [0.5, 0.6) is 0 Å². The Morgan fingerprint density at radius 3 is 2.05 bits per heavy atom.